The van der Waals surface area contributed by atoms with E-state index >= 15 is 4.39 Å². The highest BCUT2D eigenvalue weighted by Gasteiger charge is 2.46. The van der Waals surface area contributed by atoms with E-state index < -0.39 is 55.8 Å². The smallest absolute Gasteiger partial charge is 0.419 e. The predicted molar refractivity (Wildman–Crippen MR) is 148 cm³/mol. The summed E-state index contributed by atoms with van der Waals surface area (Å²) in [6, 6.07) is 9.21. The molecule has 3 heterocycles. The molecule has 43 heavy (non-hydrogen) atoms. The molecule has 1 aliphatic rings. The molecule has 0 radical (unpaired) electrons. The molecule has 0 saturated heterocycles. The van der Waals surface area contributed by atoms with Crippen LogP contribution in [0, 0.1) is 18.6 Å². The second kappa shape index (κ2) is 10.9. The van der Waals surface area contributed by atoms with Crippen LogP contribution in [0.5, 0.6) is 5.88 Å². The van der Waals surface area contributed by atoms with E-state index in [1.807, 2.05) is 0 Å². The van der Waals surface area contributed by atoms with Crippen LogP contribution in [0.1, 0.15) is 33.2 Å². The van der Waals surface area contributed by atoms with Crippen molar-refractivity contribution in [1.29, 1.82) is 0 Å². The van der Waals surface area contributed by atoms with Gasteiger partial charge in [-0.05, 0) is 68.5 Å². The van der Waals surface area contributed by atoms with Crippen molar-refractivity contribution in [3.63, 3.8) is 0 Å². The Morgan fingerprint density at radius 3 is 2.44 bits per heavy atom. The van der Waals surface area contributed by atoms with Gasteiger partial charge in [0, 0.05) is 18.7 Å². The molecule has 5 rings (SSSR count). The monoisotopic (exact) mass is 622 g/mol. The molecule has 0 saturated carbocycles. The summed E-state index contributed by atoms with van der Waals surface area (Å²) in [6.45, 7) is 1.72. The number of aromatic nitrogens is 2. The lowest BCUT2D eigenvalue weighted by atomic mass is 10.0. The van der Waals surface area contributed by atoms with Crippen molar-refractivity contribution >= 4 is 21.4 Å². The summed E-state index contributed by atoms with van der Waals surface area (Å²) < 4.78 is 103. The van der Waals surface area contributed by atoms with Crippen molar-refractivity contribution in [3.05, 3.63) is 82.5 Å². The molecule has 1 amide bonds. The molecular formula is C29H27F5N4O4S. The SMILES string of the molecule is COc1cccc2nc(C(=O)N(CCN(C)C)[C@@H]3CS(=O)(=O)c4c3ccc(C(F)(F)F)c4F)c(-c3ccc(F)c(C)c3)n12. The van der Waals surface area contributed by atoms with Crippen molar-refractivity contribution in [2.75, 3.05) is 40.0 Å². The summed E-state index contributed by atoms with van der Waals surface area (Å²) in [4.78, 5) is 20.8. The highest BCUT2D eigenvalue weighted by atomic mass is 32.2. The minimum atomic E-state index is -5.12. The summed E-state index contributed by atoms with van der Waals surface area (Å²) in [5.74, 6) is -3.64. The number of methoxy groups -OCH3 is 1. The van der Waals surface area contributed by atoms with Crippen LogP contribution in [-0.2, 0) is 16.0 Å². The largest absolute Gasteiger partial charge is 0.482 e. The van der Waals surface area contributed by atoms with Gasteiger partial charge in [-0.1, -0.05) is 12.1 Å². The van der Waals surface area contributed by atoms with Gasteiger partial charge in [-0.2, -0.15) is 13.2 Å². The summed E-state index contributed by atoms with van der Waals surface area (Å²) in [7, 11) is 0.319. The first-order valence-electron chi connectivity index (χ1n) is 13.1. The number of alkyl halides is 3. The van der Waals surface area contributed by atoms with E-state index in [2.05, 4.69) is 4.98 Å². The number of carbonyl (C=O) groups excluding carboxylic acids is 1. The number of sulfone groups is 1. The first-order valence-corrected chi connectivity index (χ1v) is 14.7. The number of nitrogens with zero attached hydrogens (tertiary/aromatic N) is 4. The number of amides is 1. The van der Waals surface area contributed by atoms with Crippen molar-refractivity contribution in [1.82, 2.24) is 19.2 Å². The number of hydrogen-bond acceptors (Lipinski definition) is 6. The van der Waals surface area contributed by atoms with Gasteiger partial charge in [0.05, 0.1) is 30.2 Å². The zero-order valence-corrected chi connectivity index (χ0v) is 24.4. The summed E-state index contributed by atoms with van der Waals surface area (Å²) >= 11 is 0. The Morgan fingerprint density at radius 2 is 1.81 bits per heavy atom. The van der Waals surface area contributed by atoms with Crippen molar-refractivity contribution < 1.29 is 39.9 Å². The van der Waals surface area contributed by atoms with Crippen LogP contribution < -0.4 is 4.74 Å². The minimum absolute atomic E-state index is 0.0685. The number of benzene rings is 2. The van der Waals surface area contributed by atoms with Gasteiger partial charge in [-0.25, -0.2) is 22.2 Å². The molecule has 228 valence electrons. The average molecular weight is 623 g/mol. The Kier molecular flexibility index (Phi) is 7.71. The lowest BCUT2D eigenvalue weighted by Crippen LogP contribution is -2.40. The van der Waals surface area contributed by atoms with E-state index in [-0.39, 0.29) is 35.6 Å². The number of halogens is 5. The summed E-state index contributed by atoms with van der Waals surface area (Å²) in [6.07, 6.45) is -5.12. The maximum absolute atomic E-state index is 15.1. The van der Waals surface area contributed by atoms with Gasteiger partial charge in [0.1, 0.15) is 16.4 Å². The number of pyridine rings is 1. The number of ether oxygens (including phenoxy) is 1. The van der Waals surface area contributed by atoms with E-state index in [1.54, 1.807) is 48.5 Å². The highest BCUT2D eigenvalue weighted by Crippen LogP contribution is 2.44. The number of rotatable bonds is 7. The van der Waals surface area contributed by atoms with Crippen LogP contribution in [-0.4, -0.2) is 73.6 Å². The van der Waals surface area contributed by atoms with E-state index in [9.17, 15) is 30.8 Å². The number of carbonyl (C=O) groups is 1. The van der Waals surface area contributed by atoms with Gasteiger partial charge >= 0.3 is 6.18 Å². The summed E-state index contributed by atoms with van der Waals surface area (Å²) in [5.41, 5.74) is -0.861. The van der Waals surface area contributed by atoms with Gasteiger partial charge in [0.2, 0.25) is 0 Å². The van der Waals surface area contributed by atoms with Gasteiger partial charge in [-0.15, -0.1) is 0 Å². The lowest BCUT2D eigenvalue weighted by Gasteiger charge is -2.30. The Morgan fingerprint density at radius 1 is 1.09 bits per heavy atom. The second-order valence-corrected chi connectivity index (χ2v) is 12.4. The second-order valence-electron chi connectivity index (χ2n) is 10.5. The van der Waals surface area contributed by atoms with E-state index in [0.29, 0.717) is 23.2 Å². The van der Waals surface area contributed by atoms with Gasteiger partial charge in [0.25, 0.3) is 5.91 Å². The zero-order valence-electron chi connectivity index (χ0n) is 23.5. The molecule has 2 aromatic carbocycles. The van der Waals surface area contributed by atoms with Crippen LogP contribution >= 0.6 is 0 Å². The normalized spacial score (nSPS) is 16.1. The molecule has 14 heteroatoms. The minimum Gasteiger partial charge on any atom is -0.482 e. The fourth-order valence-corrected chi connectivity index (χ4v) is 7.17. The maximum Gasteiger partial charge on any atom is 0.419 e. The highest BCUT2D eigenvalue weighted by molar-refractivity contribution is 7.91. The van der Waals surface area contributed by atoms with Crippen LogP contribution in [0.3, 0.4) is 0 Å². The number of fused-ring (bicyclic) bond motifs is 2. The van der Waals surface area contributed by atoms with Crippen molar-refractivity contribution in [3.8, 4) is 17.1 Å². The maximum atomic E-state index is 15.1. The molecular weight excluding hydrogens is 595 g/mol. The van der Waals surface area contributed by atoms with Crippen molar-refractivity contribution in [2.45, 2.75) is 24.0 Å². The number of likely N-dealkylation sites (N-methyl/N-ethyl adjacent to an activating group) is 1. The molecule has 0 fully saturated rings. The molecule has 0 bridgehead atoms. The Labute approximate surface area is 244 Å². The zero-order chi connectivity index (χ0) is 31.4. The molecule has 0 N–H and O–H groups in total. The van der Waals surface area contributed by atoms with Gasteiger partial charge in [-0.3, -0.25) is 9.20 Å². The van der Waals surface area contributed by atoms with E-state index in [1.165, 1.54) is 30.2 Å². The lowest BCUT2D eigenvalue weighted by molar-refractivity contribution is -0.140. The standard InChI is InChI=1S/C29H27F5N4O4S/c1-16-14-17(8-11-20(16)30)26-25(35-22-6-5-7-23(42-4)38(22)26)28(39)37(13-12-36(2)3)21-15-43(40,41)27-18(21)9-10-19(24(27)31)29(32,33)34/h5-11,14,21H,12-13,15H2,1-4H3/t21-/m1/s1. The molecule has 0 spiro atoms. The first kappa shape index (κ1) is 30.4. The molecule has 0 aliphatic carbocycles. The third kappa shape index (κ3) is 5.33. The number of aryl methyl sites for hydroxylation is 1. The van der Waals surface area contributed by atoms with Crippen LogP contribution in [0.15, 0.2) is 53.4 Å². The van der Waals surface area contributed by atoms with E-state index in [4.69, 9.17) is 4.74 Å². The number of imidazole rings is 1. The topological polar surface area (TPSA) is 84.2 Å². The quantitative estimate of drug-likeness (QED) is 0.265. The Hall–Kier alpha value is -4.04. The molecule has 2 aromatic heterocycles. The average Bonchev–Trinajstić information content (AvgIpc) is 3.45. The molecule has 8 nitrogen and oxygen atoms in total. The van der Waals surface area contributed by atoms with Crippen LogP contribution in [0.4, 0.5) is 22.0 Å². The van der Waals surface area contributed by atoms with Gasteiger partial charge < -0.3 is 14.5 Å². The Bertz CT molecular complexity index is 1850. The molecule has 1 aliphatic heterocycles. The van der Waals surface area contributed by atoms with Crippen molar-refractivity contribution in [2.24, 2.45) is 0 Å². The van der Waals surface area contributed by atoms with E-state index in [0.717, 1.165) is 6.07 Å². The first-order chi connectivity index (χ1) is 20.2. The molecule has 0 unspecified atom stereocenters. The van der Waals surface area contributed by atoms with Gasteiger partial charge in [0.15, 0.2) is 27.2 Å². The van der Waals surface area contributed by atoms with Crippen LogP contribution in [0.25, 0.3) is 16.9 Å². The predicted octanol–water partition coefficient (Wildman–Crippen LogP) is 5.15. The number of hydrogen-bond donors (Lipinski definition) is 0. The molecule has 4 aromatic rings. The molecule has 1 atom stereocenters. The third-order valence-corrected chi connectivity index (χ3v) is 9.15. The fourth-order valence-electron chi connectivity index (χ4n) is 5.28. The fraction of sp³-hybridized carbons (Fsp3) is 0.310. The van der Waals surface area contributed by atoms with Crippen LogP contribution in [0.2, 0.25) is 0 Å². The summed E-state index contributed by atoms with van der Waals surface area (Å²) in [5, 5.41) is 0. The Balaban J connectivity index is 1.73. The third-order valence-electron chi connectivity index (χ3n) is 7.36.